The molecular weight excluding hydrogens is 228 g/mol. The lowest BCUT2D eigenvalue weighted by Gasteiger charge is -2.21. The lowest BCUT2D eigenvalue weighted by Crippen LogP contribution is -2.24. The topological polar surface area (TPSA) is 35.5 Å². The highest BCUT2D eigenvalue weighted by atomic mass is 16.5. The Morgan fingerprint density at radius 1 is 1.39 bits per heavy atom. The zero-order chi connectivity index (χ0) is 13.0. The number of carbonyl (C=O) groups is 1. The third-order valence-corrected chi connectivity index (χ3v) is 3.48. The van der Waals surface area contributed by atoms with Gasteiger partial charge in [-0.15, -0.1) is 0 Å². The van der Waals surface area contributed by atoms with Gasteiger partial charge in [0.2, 0.25) is 0 Å². The second-order valence-electron chi connectivity index (χ2n) is 4.85. The van der Waals surface area contributed by atoms with Gasteiger partial charge in [0.15, 0.2) is 0 Å². The van der Waals surface area contributed by atoms with Crippen molar-refractivity contribution < 1.29 is 14.3 Å². The van der Waals surface area contributed by atoms with E-state index in [9.17, 15) is 4.79 Å². The monoisotopic (exact) mass is 248 g/mol. The van der Waals surface area contributed by atoms with E-state index in [4.69, 9.17) is 9.47 Å². The van der Waals surface area contributed by atoms with Crippen LogP contribution in [-0.4, -0.2) is 26.1 Å². The van der Waals surface area contributed by atoms with E-state index in [1.165, 1.54) is 0 Å². The van der Waals surface area contributed by atoms with Crippen molar-refractivity contribution in [2.45, 2.75) is 26.2 Å². The number of hydrogen-bond acceptors (Lipinski definition) is 3. The average Bonchev–Trinajstić information content (AvgIpc) is 2.40. The molecule has 98 valence electrons. The summed E-state index contributed by atoms with van der Waals surface area (Å²) in [6.45, 7) is 3.45. The Hall–Kier alpha value is -1.35. The Morgan fingerprint density at radius 2 is 2.11 bits per heavy atom. The highest BCUT2D eigenvalue weighted by Gasteiger charge is 2.22. The third-order valence-electron chi connectivity index (χ3n) is 3.48. The van der Waals surface area contributed by atoms with Crippen molar-refractivity contribution in [3.63, 3.8) is 0 Å². The highest BCUT2D eigenvalue weighted by molar-refractivity contribution is 5.84. The first-order chi connectivity index (χ1) is 8.70. The summed E-state index contributed by atoms with van der Waals surface area (Å²) in [5.74, 6) is 1.27. The molecule has 0 spiro atoms. The predicted octanol–water partition coefficient (Wildman–Crippen LogP) is 2.54. The Labute approximate surface area is 108 Å². The van der Waals surface area contributed by atoms with Crippen LogP contribution in [0.1, 0.15) is 24.0 Å². The van der Waals surface area contributed by atoms with Gasteiger partial charge in [0.25, 0.3) is 0 Å². The van der Waals surface area contributed by atoms with Gasteiger partial charge in [-0.25, -0.2) is 0 Å². The quantitative estimate of drug-likeness (QED) is 0.821. The fourth-order valence-electron chi connectivity index (χ4n) is 2.40. The molecule has 0 N–H and O–H groups in total. The molecule has 1 aromatic rings. The highest BCUT2D eigenvalue weighted by Crippen LogP contribution is 2.24. The maximum Gasteiger partial charge on any atom is 0.140 e. The molecule has 0 amide bonds. The number of methoxy groups -OCH3 is 1. The lowest BCUT2D eigenvalue weighted by atomic mass is 9.91. The summed E-state index contributed by atoms with van der Waals surface area (Å²) >= 11 is 0. The molecule has 0 aliphatic carbocycles. The number of benzene rings is 1. The maximum absolute atomic E-state index is 12.2. The molecule has 1 aliphatic heterocycles. The first-order valence-electron chi connectivity index (χ1n) is 6.44. The summed E-state index contributed by atoms with van der Waals surface area (Å²) in [4.78, 5) is 12.2. The van der Waals surface area contributed by atoms with Gasteiger partial charge >= 0.3 is 0 Å². The van der Waals surface area contributed by atoms with Gasteiger partial charge < -0.3 is 9.47 Å². The van der Waals surface area contributed by atoms with E-state index in [-0.39, 0.29) is 5.92 Å². The summed E-state index contributed by atoms with van der Waals surface area (Å²) in [5, 5.41) is 0. The van der Waals surface area contributed by atoms with E-state index >= 15 is 0 Å². The van der Waals surface area contributed by atoms with Crippen LogP contribution in [0.3, 0.4) is 0 Å². The van der Waals surface area contributed by atoms with Crippen LogP contribution < -0.4 is 4.74 Å². The van der Waals surface area contributed by atoms with Crippen molar-refractivity contribution in [2.75, 3.05) is 20.3 Å². The van der Waals surface area contributed by atoms with E-state index in [1.807, 2.05) is 25.1 Å². The van der Waals surface area contributed by atoms with Crippen molar-refractivity contribution in [1.82, 2.24) is 0 Å². The molecule has 1 fully saturated rings. The van der Waals surface area contributed by atoms with Gasteiger partial charge in [0.1, 0.15) is 11.5 Å². The predicted molar refractivity (Wildman–Crippen MR) is 70.0 cm³/mol. The molecule has 18 heavy (non-hydrogen) atoms. The molecule has 0 atom stereocenters. The average molecular weight is 248 g/mol. The molecule has 1 aromatic carbocycles. The van der Waals surface area contributed by atoms with Crippen LogP contribution >= 0.6 is 0 Å². The van der Waals surface area contributed by atoms with Crippen molar-refractivity contribution in [2.24, 2.45) is 5.92 Å². The second kappa shape index (κ2) is 6.01. The molecule has 1 aliphatic rings. The van der Waals surface area contributed by atoms with Gasteiger partial charge in [-0.3, -0.25) is 4.79 Å². The number of hydrogen-bond donors (Lipinski definition) is 0. The molecule has 0 aromatic heterocycles. The van der Waals surface area contributed by atoms with Crippen LogP contribution in [0, 0.1) is 12.8 Å². The molecule has 0 bridgehead atoms. The minimum Gasteiger partial charge on any atom is -0.496 e. The van der Waals surface area contributed by atoms with Gasteiger partial charge in [0.05, 0.1) is 7.11 Å². The number of Topliss-reactive ketones (excluding diaryl/α,β-unsaturated/α-hetero) is 1. The van der Waals surface area contributed by atoms with Gasteiger partial charge in [0, 0.05) is 31.1 Å². The van der Waals surface area contributed by atoms with Crippen molar-refractivity contribution in [3.05, 3.63) is 29.3 Å². The van der Waals surface area contributed by atoms with Crippen LogP contribution in [0.15, 0.2) is 18.2 Å². The van der Waals surface area contributed by atoms with Crippen molar-refractivity contribution >= 4 is 5.78 Å². The first kappa shape index (κ1) is 13.1. The molecule has 2 rings (SSSR count). The Kier molecular flexibility index (Phi) is 4.37. The summed E-state index contributed by atoms with van der Waals surface area (Å²) < 4.78 is 10.6. The Bertz CT molecular complexity index is 420. The summed E-state index contributed by atoms with van der Waals surface area (Å²) in [5.41, 5.74) is 2.15. The van der Waals surface area contributed by atoms with Gasteiger partial charge in [-0.05, 0) is 25.8 Å². The zero-order valence-corrected chi connectivity index (χ0v) is 11.1. The van der Waals surface area contributed by atoms with Gasteiger partial charge in [-0.2, -0.15) is 0 Å². The summed E-state index contributed by atoms with van der Waals surface area (Å²) in [6, 6.07) is 5.97. The SMILES string of the molecule is COc1ccc(C)cc1CC(=O)C1CCOCC1. The number of rotatable bonds is 4. The number of ether oxygens (including phenoxy) is 2. The molecular formula is C15H20O3. The van der Waals surface area contributed by atoms with Crippen LogP contribution in [0.2, 0.25) is 0 Å². The minimum absolute atomic E-state index is 0.156. The normalized spacial score (nSPS) is 16.6. The third kappa shape index (κ3) is 3.10. The van der Waals surface area contributed by atoms with Crippen molar-refractivity contribution in [1.29, 1.82) is 0 Å². The van der Waals surface area contributed by atoms with E-state index in [0.717, 1.165) is 29.7 Å². The minimum atomic E-state index is 0.156. The number of aryl methyl sites for hydroxylation is 1. The van der Waals surface area contributed by atoms with E-state index in [1.54, 1.807) is 7.11 Å². The Balaban J connectivity index is 2.07. The summed E-state index contributed by atoms with van der Waals surface area (Å²) in [6.07, 6.45) is 2.18. The molecule has 0 saturated carbocycles. The molecule has 0 unspecified atom stereocenters. The largest absolute Gasteiger partial charge is 0.496 e. The van der Waals surface area contributed by atoms with Crippen molar-refractivity contribution in [3.8, 4) is 5.75 Å². The lowest BCUT2D eigenvalue weighted by molar-refractivity contribution is -0.125. The van der Waals surface area contributed by atoms with Crippen LogP contribution in [0.4, 0.5) is 0 Å². The first-order valence-corrected chi connectivity index (χ1v) is 6.44. The fourth-order valence-corrected chi connectivity index (χ4v) is 2.40. The molecule has 0 radical (unpaired) electrons. The second-order valence-corrected chi connectivity index (χ2v) is 4.85. The standard InChI is InChI=1S/C15H20O3/c1-11-3-4-15(17-2)13(9-11)10-14(16)12-5-7-18-8-6-12/h3-4,9,12H,5-8,10H2,1-2H3. The molecule has 1 heterocycles. The van der Waals surface area contributed by atoms with E-state index < -0.39 is 0 Å². The molecule has 1 saturated heterocycles. The van der Waals surface area contributed by atoms with Crippen LogP contribution in [0.5, 0.6) is 5.75 Å². The van der Waals surface area contributed by atoms with Gasteiger partial charge in [-0.1, -0.05) is 17.7 Å². The maximum atomic E-state index is 12.2. The van der Waals surface area contributed by atoms with E-state index in [2.05, 4.69) is 0 Å². The number of ketones is 1. The van der Waals surface area contributed by atoms with Crippen LogP contribution in [0.25, 0.3) is 0 Å². The summed E-state index contributed by atoms with van der Waals surface area (Å²) in [7, 11) is 1.65. The fraction of sp³-hybridized carbons (Fsp3) is 0.533. The van der Waals surface area contributed by atoms with E-state index in [0.29, 0.717) is 25.4 Å². The smallest absolute Gasteiger partial charge is 0.140 e. The molecule has 3 heteroatoms. The number of carbonyl (C=O) groups excluding carboxylic acids is 1. The molecule has 3 nitrogen and oxygen atoms in total. The van der Waals surface area contributed by atoms with Crippen LogP contribution in [-0.2, 0) is 16.0 Å². The Morgan fingerprint density at radius 3 is 2.78 bits per heavy atom. The zero-order valence-electron chi connectivity index (χ0n) is 11.1.